The molecule has 6 heteroatoms. The molecular formula is C14H18N4O2. The third-order valence-electron chi connectivity index (χ3n) is 2.59. The van der Waals surface area contributed by atoms with Crippen LogP contribution in [0.15, 0.2) is 18.5 Å². The van der Waals surface area contributed by atoms with E-state index in [1.54, 1.807) is 27.2 Å². The molecule has 0 saturated heterocycles. The van der Waals surface area contributed by atoms with Crippen LogP contribution in [-0.4, -0.2) is 60.8 Å². The third-order valence-corrected chi connectivity index (χ3v) is 2.59. The predicted octanol–water partition coefficient (Wildman–Crippen LogP) is -0.448. The maximum atomic E-state index is 12.3. The van der Waals surface area contributed by atoms with Crippen molar-refractivity contribution in [2.75, 3.05) is 34.2 Å². The summed E-state index contributed by atoms with van der Waals surface area (Å²) in [6, 6.07) is 1.58. The second kappa shape index (κ2) is 7.26. The van der Waals surface area contributed by atoms with Crippen molar-refractivity contribution in [3.8, 4) is 11.8 Å². The number of hydrogen-bond acceptors (Lipinski definition) is 4. The molecule has 0 aliphatic rings. The highest BCUT2D eigenvalue weighted by atomic mass is 16.2. The molecule has 20 heavy (non-hydrogen) atoms. The highest BCUT2D eigenvalue weighted by molar-refractivity contribution is 5.98. The summed E-state index contributed by atoms with van der Waals surface area (Å²) in [6.45, 7) is 0.218. The molecule has 1 aromatic heterocycles. The van der Waals surface area contributed by atoms with Crippen LogP contribution in [0.4, 0.5) is 0 Å². The highest BCUT2D eigenvalue weighted by Gasteiger charge is 2.18. The lowest BCUT2D eigenvalue weighted by Crippen LogP contribution is -2.38. The van der Waals surface area contributed by atoms with Crippen molar-refractivity contribution in [1.82, 2.24) is 14.8 Å². The second-order valence-electron chi connectivity index (χ2n) is 4.38. The van der Waals surface area contributed by atoms with Gasteiger partial charge in [0.25, 0.3) is 5.91 Å². The fourth-order valence-electron chi connectivity index (χ4n) is 1.45. The zero-order valence-corrected chi connectivity index (χ0v) is 11.9. The molecule has 0 unspecified atom stereocenters. The molecule has 0 spiro atoms. The summed E-state index contributed by atoms with van der Waals surface area (Å²) < 4.78 is 0. The largest absolute Gasteiger partial charge is 0.347 e. The number of rotatable bonds is 3. The molecule has 2 N–H and O–H groups in total. The molecule has 6 nitrogen and oxygen atoms in total. The van der Waals surface area contributed by atoms with Crippen molar-refractivity contribution in [2.45, 2.75) is 0 Å². The van der Waals surface area contributed by atoms with E-state index in [9.17, 15) is 9.59 Å². The first kappa shape index (κ1) is 15.7. The number of amides is 2. The van der Waals surface area contributed by atoms with Gasteiger partial charge in [-0.1, -0.05) is 11.8 Å². The molecule has 1 rings (SSSR count). The molecule has 0 aliphatic carbocycles. The first-order chi connectivity index (χ1) is 9.47. The number of likely N-dealkylation sites (N-methyl/N-ethyl adjacent to an activating group) is 2. The van der Waals surface area contributed by atoms with Gasteiger partial charge in [-0.25, -0.2) is 0 Å². The Labute approximate surface area is 118 Å². The van der Waals surface area contributed by atoms with Crippen molar-refractivity contribution in [1.29, 1.82) is 0 Å². The Morgan fingerprint density at radius 2 is 2.05 bits per heavy atom. The van der Waals surface area contributed by atoms with Gasteiger partial charge in [-0.2, -0.15) is 0 Å². The normalized spacial score (nSPS) is 9.40. The smallest absolute Gasteiger partial charge is 0.255 e. The zero-order valence-electron chi connectivity index (χ0n) is 11.9. The molecule has 106 valence electrons. The zero-order chi connectivity index (χ0) is 15.1. The number of pyridine rings is 1. The fraction of sp³-hybridized carbons (Fsp3) is 0.357. The van der Waals surface area contributed by atoms with Crippen molar-refractivity contribution in [3.63, 3.8) is 0 Å². The highest BCUT2D eigenvalue weighted by Crippen LogP contribution is 2.08. The minimum absolute atomic E-state index is 0.0118. The van der Waals surface area contributed by atoms with Gasteiger partial charge >= 0.3 is 0 Å². The molecule has 0 saturated carbocycles. The van der Waals surface area contributed by atoms with Crippen molar-refractivity contribution in [3.05, 3.63) is 29.6 Å². The van der Waals surface area contributed by atoms with Crippen molar-refractivity contribution >= 4 is 11.8 Å². The van der Waals surface area contributed by atoms with E-state index in [-0.39, 0.29) is 24.9 Å². The van der Waals surface area contributed by atoms with Gasteiger partial charge in [0.2, 0.25) is 5.91 Å². The van der Waals surface area contributed by atoms with E-state index in [0.717, 1.165) is 0 Å². The molecule has 0 bridgehead atoms. The number of hydrogen-bond donors (Lipinski definition) is 1. The Kier molecular flexibility index (Phi) is 5.69. The summed E-state index contributed by atoms with van der Waals surface area (Å²) in [5.41, 5.74) is 6.24. The molecule has 0 fully saturated rings. The average molecular weight is 274 g/mol. The van der Waals surface area contributed by atoms with Crippen LogP contribution in [0.3, 0.4) is 0 Å². The lowest BCUT2D eigenvalue weighted by molar-refractivity contribution is -0.129. The summed E-state index contributed by atoms with van der Waals surface area (Å²) in [5, 5.41) is 0. The Bertz CT molecular complexity index is 558. The Hall–Kier alpha value is -2.39. The monoisotopic (exact) mass is 274 g/mol. The standard InChI is InChI=1S/C14H18N4O2/c1-17(2)13(19)10-18(3)14(20)12-6-8-16-9-11(12)5-4-7-15/h6,8-9H,7,10,15H2,1-3H3. The van der Waals surface area contributed by atoms with Gasteiger partial charge in [-0.3, -0.25) is 14.6 Å². The van der Waals surface area contributed by atoms with E-state index in [1.165, 1.54) is 22.2 Å². The molecule has 1 aromatic rings. The molecule has 1 heterocycles. The quantitative estimate of drug-likeness (QED) is 0.757. The van der Waals surface area contributed by atoms with Gasteiger partial charge in [0.1, 0.15) is 0 Å². The van der Waals surface area contributed by atoms with Crippen LogP contribution in [0.25, 0.3) is 0 Å². The summed E-state index contributed by atoms with van der Waals surface area (Å²) in [5.74, 6) is 5.07. The van der Waals surface area contributed by atoms with Crippen LogP contribution in [0.2, 0.25) is 0 Å². The fourth-order valence-corrected chi connectivity index (χ4v) is 1.45. The number of aromatic nitrogens is 1. The summed E-state index contributed by atoms with van der Waals surface area (Å²) >= 11 is 0. The molecule has 0 aliphatic heterocycles. The van der Waals surface area contributed by atoms with Crippen LogP contribution < -0.4 is 5.73 Å². The minimum Gasteiger partial charge on any atom is -0.347 e. The van der Waals surface area contributed by atoms with Gasteiger partial charge in [0.05, 0.1) is 24.2 Å². The molecule has 2 amide bonds. The Balaban J connectivity index is 2.94. The van der Waals surface area contributed by atoms with Gasteiger partial charge in [0.15, 0.2) is 0 Å². The van der Waals surface area contributed by atoms with Gasteiger partial charge in [-0.15, -0.1) is 0 Å². The SMILES string of the molecule is CN(C)C(=O)CN(C)C(=O)c1ccncc1C#CCN. The maximum absolute atomic E-state index is 12.3. The van der Waals surface area contributed by atoms with E-state index in [4.69, 9.17) is 5.73 Å². The van der Waals surface area contributed by atoms with E-state index >= 15 is 0 Å². The van der Waals surface area contributed by atoms with Gasteiger partial charge in [0, 0.05) is 33.5 Å². The first-order valence-electron chi connectivity index (χ1n) is 6.06. The first-order valence-corrected chi connectivity index (χ1v) is 6.06. The number of nitrogens with zero attached hydrogens (tertiary/aromatic N) is 3. The van der Waals surface area contributed by atoms with Crippen LogP contribution in [-0.2, 0) is 4.79 Å². The third kappa shape index (κ3) is 4.07. The van der Waals surface area contributed by atoms with Crippen molar-refractivity contribution < 1.29 is 9.59 Å². The van der Waals surface area contributed by atoms with Gasteiger partial charge in [-0.05, 0) is 6.07 Å². The summed E-state index contributed by atoms with van der Waals surface area (Å²) in [7, 11) is 4.86. The van der Waals surface area contributed by atoms with Crippen LogP contribution in [0.1, 0.15) is 15.9 Å². The topological polar surface area (TPSA) is 79.5 Å². The molecular weight excluding hydrogens is 256 g/mol. The Morgan fingerprint density at radius 1 is 1.35 bits per heavy atom. The molecule has 0 atom stereocenters. The lowest BCUT2D eigenvalue weighted by Gasteiger charge is -2.19. The molecule has 0 aromatic carbocycles. The van der Waals surface area contributed by atoms with E-state index in [2.05, 4.69) is 16.8 Å². The van der Waals surface area contributed by atoms with Crippen LogP contribution >= 0.6 is 0 Å². The number of nitrogens with two attached hydrogens (primary N) is 1. The van der Waals surface area contributed by atoms with Crippen LogP contribution in [0, 0.1) is 11.8 Å². The number of carbonyl (C=O) groups is 2. The molecule has 0 radical (unpaired) electrons. The van der Waals surface area contributed by atoms with E-state index < -0.39 is 0 Å². The van der Waals surface area contributed by atoms with E-state index in [0.29, 0.717) is 11.1 Å². The second-order valence-corrected chi connectivity index (χ2v) is 4.38. The maximum Gasteiger partial charge on any atom is 0.255 e. The average Bonchev–Trinajstić information content (AvgIpc) is 2.44. The predicted molar refractivity (Wildman–Crippen MR) is 75.8 cm³/mol. The van der Waals surface area contributed by atoms with E-state index in [1.807, 2.05) is 0 Å². The minimum atomic E-state index is -0.274. The lowest BCUT2D eigenvalue weighted by atomic mass is 10.1. The Morgan fingerprint density at radius 3 is 2.65 bits per heavy atom. The number of carbonyl (C=O) groups excluding carboxylic acids is 2. The summed E-state index contributed by atoms with van der Waals surface area (Å²) in [4.78, 5) is 30.7. The van der Waals surface area contributed by atoms with Crippen molar-refractivity contribution in [2.24, 2.45) is 5.73 Å². The van der Waals surface area contributed by atoms with Crippen LogP contribution in [0.5, 0.6) is 0 Å². The summed E-state index contributed by atoms with van der Waals surface area (Å²) in [6.07, 6.45) is 3.03. The van der Waals surface area contributed by atoms with Gasteiger partial charge < -0.3 is 15.5 Å².